The van der Waals surface area contributed by atoms with Gasteiger partial charge < -0.3 is 4.42 Å². The fraction of sp³-hybridized carbons (Fsp3) is 0.0833. The second-order valence-corrected chi connectivity index (χ2v) is 8.34. The van der Waals surface area contributed by atoms with Crippen LogP contribution in [0.15, 0.2) is 83.3 Å². The van der Waals surface area contributed by atoms with Gasteiger partial charge in [0.1, 0.15) is 10.6 Å². The number of furan rings is 1. The van der Waals surface area contributed by atoms with Gasteiger partial charge in [-0.15, -0.1) is 11.3 Å². The lowest BCUT2D eigenvalue weighted by atomic mass is 10.1. The van der Waals surface area contributed by atoms with E-state index in [9.17, 15) is 0 Å². The molecule has 5 aromatic rings. The summed E-state index contributed by atoms with van der Waals surface area (Å²) in [6.07, 6.45) is 0.882. The number of hydrogen-bond acceptors (Lipinski definition) is 3. The van der Waals surface area contributed by atoms with E-state index in [1.807, 2.05) is 18.2 Å². The molecule has 0 saturated heterocycles. The Morgan fingerprint density at radius 1 is 0.857 bits per heavy atom. The number of para-hydroxylation sites is 1. The third-order valence-electron chi connectivity index (χ3n) is 5.02. The number of thiophene rings is 1. The first kappa shape index (κ1) is 17.4. The van der Waals surface area contributed by atoms with Gasteiger partial charge in [-0.2, -0.15) is 0 Å². The summed E-state index contributed by atoms with van der Waals surface area (Å²) in [4.78, 5) is 2.21. The second kappa shape index (κ2) is 7.01. The summed E-state index contributed by atoms with van der Waals surface area (Å²) in [5.41, 5.74) is 3.20. The van der Waals surface area contributed by atoms with Gasteiger partial charge in [-0.3, -0.25) is 4.90 Å². The third kappa shape index (κ3) is 2.79. The zero-order valence-corrected chi connectivity index (χ0v) is 16.9. The van der Waals surface area contributed by atoms with Gasteiger partial charge in [-0.05, 0) is 36.1 Å². The molecule has 2 heterocycles. The Morgan fingerprint density at radius 2 is 1.61 bits per heavy atom. The Bertz CT molecular complexity index is 1280. The lowest BCUT2D eigenvalue weighted by molar-refractivity contribution is 0.617. The zero-order chi connectivity index (χ0) is 19.1. The molecule has 2 nitrogen and oxygen atoms in total. The standard InChI is InChI=1S/C24H18ClNOS/c1-2-17-19-11-5-6-13-21(19)27-24(17)26(23-15-14-22(25)28-23)20-12-7-9-16-8-3-4-10-18(16)20/h3-15H,2H2,1H3. The molecule has 28 heavy (non-hydrogen) atoms. The van der Waals surface area contributed by atoms with Crippen molar-refractivity contribution in [2.75, 3.05) is 4.90 Å². The molecule has 0 aliphatic carbocycles. The number of nitrogens with zero attached hydrogens (tertiary/aromatic N) is 1. The molecule has 0 spiro atoms. The Hall–Kier alpha value is -2.75. The molecule has 0 aliphatic rings. The van der Waals surface area contributed by atoms with Crippen molar-refractivity contribution in [3.05, 3.63) is 88.8 Å². The first-order valence-corrected chi connectivity index (χ1v) is 10.5. The molecule has 0 saturated carbocycles. The largest absolute Gasteiger partial charge is 0.439 e. The lowest BCUT2D eigenvalue weighted by Crippen LogP contribution is -2.09. The van der Waals surface area contributed by atoms with Crippen LogP contribution in [0, 0.1) is 0 Å². The minimum atomic E-state index is 0.759. The maximum Gasteiger partial charge on any atom is 0.209 e. The molecule has 0 radical (unpaired) electrons. The molecule has 0 aliphatic heterocycles. The average molecular weight is 404 g/mol. The van der Waals surface area contributed by atoms with E-state index in [2.05, 4.69) is 72.5 Å². The van der Waals surface area contributed by atoms with Crippen molar-refractivity contribution in [1.82, 2.24) is 0 Å². The Morgan fingerprint density at radius 3 is 2.39 bits per heavy atom. The summed E-state index contributed by atoms with van der Waals surface area (Å²) in [5, 5.41) is 4.57. The lowest BCUT2D eigenvalue weighted by Gasteiger charge is -2.23. The molecular formula is C24H18ClNOS. The maximum absolute atomic E-state index is 6.41. The van der Waals surface area contributed by atoms with E-state index in [1.54, 1.807) is 11.3 Å². The number of aryl methyl sites for hydroxylation is 1. The van der Waals surface area contributed by atoms with E-state index < -0.39 is 0 Å². The van der Waals surface area contributed by atoms with Crippen LogP contribution in [-0.4, -0.2) is 0 Å². The summed E-state index contributed by atoms with van der Waals surface area (Å²) >= 11 is 7.87. The van der Waals surface area contributed by atoms with Crippen molar-refractivity contribution in [1.29, 1.82) is 0 Å². The monoisotopic (exact) mass is 403 g/mol. The van der Waals surface area contributed by atoms with Crippen LogP contribution in [0.2, 0.25) is 4.34 Å². The topological polar surface area (TPSA) is 16.4 Å². The predicted octanol–water partition coefficient (Wildman–Crippen LogP) is 8.33. The molecule has 2 aromatic heterocycles. The van der Waals surface area contributed by atoms with Crippen LogP contribution in [0.3, 0.4) is 0 Å². The molecular weight excluding hydrogens is 386 g/mol. The Kier molecular flexibility index (Phi) is 4.34. The van der Waals surface area contributed by atoms with Crippen LogP contribution < -0.4 is 4.90 Å². The smallest absolute Gasteiger partial charge is 0.209 e. The van der Waals surface area contributed by atoms with Gasteiger partial charge in [0.25, 0.3) is 0 Å². The van der Waals surface area contributed by atoms with E-state index >= 15 is 0 Å². The van der Waals surface area contributed by atoms with Crippen molar-refractivity contribution >= 4 is 61.3 Å². The molecule has 5 rings (SSSR count). The van der Waals surface area contributed by atoms with Gasteiger partial charge in [0.05, 0.1) is 10.0 Å². The number of benzene rings is 3. The molecule has 4 heteroatoms. The van der Waals surface area contributed by atoms with Gasteiger partial charge >= 0.3 is 0 Å². The van der Waals surface area contributed by atoms with Crippen molar-refractivity contribution in [3.63, 3.8) is 0 Å². The fourth-order valence-corrected chi connectivity index (χ4v) is 4.81. The van der Waals surface area contributed by atoms with Crippen molar-refractivity contribution in [3.8, 4) is 0 Å². The zero-order valence-electron chi connectivity index (χ0n) is 15.4. The summed E-state index contributed by atoms with van der Waals surface area (Å²) in [5.74, 6) is 0.860. The minimum absolute atomic E-state index is 0.759. The average Bonchev–Trinajstić information content (AvgIpc) is 3.32. The van der Waals surface area contributed by atoms with E-state index in [4.69, 9.17) is 16.0 Å². The fourth-order valence-electron chi connectivity index (χ4n) is 3.76. The minimum Gasteiger partial charge on any atom is -0.439 e. The quantitative estimate of drug-likeness (QED) is 0.300. The molecule has 138 valence electrons. The SMILES string of the molecule is CCc1c(N(c2ccc(Cl)s2)c2cccc3ccccc23)oc2ccccc12. The molecule has 0 amide bonds. The van der Waals surface area contributed by atoms with Crippen LogP contribution in [0.4, 0.5) is 16.6 Å². The van der Waals surface area contributed by atoms with Crippen LogP contribution in [0.1, 0.15) is 12.5 Å². The van der Waals surface area contributed by atoms with Gasteiger partial charge in [-0.25, -0.2) is 0 Å². The van der Waals surface area contributed by atoms with Crippen LogP contribution in [0.25, 0.3) is 21.7 Å². The normalized spacial score (nSPS) is 11.4. The predicted molar refractivity (Wildman–Crippen MR) is 121 cm³/mol. The van der Waals surface area contributed by atoms with E-state index in [0.717, 1.165) is 38.3 Å². The second-order valence-electron chi connectivity index (χ2n) is 6.65. The molecule has 0 unspecified atom stereocenters. The highest BCUT2D eigenvalue weighted by molar-refractivity contribution is 7.20. The molecule has 0 bridgehead atoms. The molecule has 3 aromatic carbocycles. The van der Waals surface area contributed by atoms with E-state index in [-0.39, 0.29) is 0 Å². The molecule has 0 fully saturated rings. The summed E-state index contributed by atoms with van der Waals surface area (Å²) in [6, 6.07) is 27.0. The van der Waals surface area contributed by atoms with Crippen LogP contribution in [-0.2, 0) is 6.42 Å². The first-order valence-electron chi connectivity index (χ1n) is 9.30. The van der Waals surface area contributed by atoms with Gasteiger partial charge in [0.2, 0.25) is 5.88 Å². The van der Waals surface area contributed by atoms with Gasteiger partial charge in [0.15, 0.2) is 0 Å². The highest BCUT2D eigenvalue weighted by atomic mass is 35.5. The van der Waals surface area contributed by atoms with Crippen molar-refractivity contribution in [2.24, 2.45) is 0 Å². The maximum atomic E-state index is 6.41. The van der Waals surface area contributed by atoms with E-state index in [0.29, 0.717) is 0 Å². The van der Waals surface area contributed by atoms with E-state index in [1.165, 1.54) is 16.3 Å². The first-order chi connectivity index (χ1) is 13.8. The van der Waals surface area contributed by atoms with Gasteiger partial charge in [0, 0.05) is 16.3 Å². The molecule has 0 N–H and O–H groups in total. The number of hydrogen-bond donors (Lipinski definition) is 0. The third-order valence-corrected chi connectivity index (χ3v) is 6.24. The number of anilines is 3. The summed E-state index contributed by atoms with van der Waals surface area (Å²) < 4.78 is 7.17. The van der Waals surface area contributed by atoms with Crippen LogP contribution >= 0.6 is 22.9 Å². The highest BCUT2D eigenvalue weighted by Gasteiger charge is 2.24. The Labute approximate surface area is 172 Å². The van der Waals surface area contributed by atoms with Crippen LogP contribution in [0.5, 0.6) is 0 Å². The summed E-state index contributed by atoms with van der Waals surface area (Å²) in [6.45, 7) is 2.17. The number of halogens is 1. The summed E-state index contributed by atoms with van der Waals surface area (Å²) in [7, 11) is 0. The number of rotatable bonds is 4. The van der Waals surface area contributed by atoms with Gasteiger partial charge in [-0.1, -0.05) is 73.1 Å². The highest BCUT2D eigenvalue weighted by Crippen LogP contribution is 2.46. The van der Waals surface area contributed by atoms with Crippen molar-refractivity contribution < 1.29 is 4.42 Å². The Balaban J connectivity index is 1.84. The molecule has 0 atom stereocenters. The number of fused-ring (bicyclic) bond motifs is 2. The van der Waals surface area contributed by atoms with Crippen molar-refractivity contribution in [2.45, 2.75) is 13.3 Å².